The first kappa shape index (κ1) is 8.17. The van der Waals surface area contributed by atoms with Gasteiger partial charge in [-0.1, -0.05) is 6.58 Å². The number of ether oxygens (including phenoxy) is 1. The molecule has 1 N–H and O–H groups in total. The van der Waals surface area contributed by atoms with Gasteiger partial charge in [-0.25, -0.2) is 4.79 Å². The summed E-state index contributed by atoms with van der Waals surface area (Å²) in [5.74, 6) is -0.357. The third-order valence-electron chi connectivity index (χ3n) is 0.696. The highest BCUT2D eigenvalue weighted by Gasteiger charge is 1.99. The molecule has 9 heavy (non-hydrogen) atoms. The van der Waals surface area contributed by atoms with Gasteiger partial charge in [0.25, 0.3) is 0 Å². The molecule has 0 aliphatic carbocycles. The Hall–Kier alpha value is -0.830. The van der Waals surface area contributed by atoms with Crippen LogP contribution in [0.15, 0.2) is 12.2 Å². The Balaban J connectivity index is 3.39. The van der Waals surface area contributed by atoms with E-state index in [1.165, 1.54) is 0 Å². The molecule has 0 heterocycles. The maximum atomic E-state index is 10.5. The summed E-state index contributed by atoms with van der Waals surface area (Å²) in [7, 11) is 1.70. The molecule has 0 aliphatic rings. The van der Waals surface area contributed by atoms with Crippen molar-refractivity contribution < 1.29 is 9.53 Å². The molecule has 0 aromatic carbocycles. The van der Waals surface area contributed by atoms with E-state index in [1.807, 2.05) is 0 Å². The molecule has 0 saturated heterocycles. The maximum absolute atomic E-state index is 10.5. The maximum Gasteiger partial charge on any atom is 0.334 e. The van der Waals surface area contributed by atoms with Gasteiger partial charge in [-0.2, -0.15) is 0 Å². The van der Waals surface area contributed by atoms with E-state index in [0.29, 0.717) is 5.57 Å². The molecule has 0 atom stereocenters. The number of carbonyl (C=O) groups excluding carboxylic acids is 1. The monoisotopic (exact) mass is 129 g/mol. The summed E-state index contributed by atoms with van der Waals surface area (Å²) in [6.07, 6.45) is 0. The fourth-order valence-corrected chi connectivity index (χ4v) is 0.261. The van der Waals surface area contributed by atoms with Crippen LogP contribution in [0.25, 0.3) is 0 Å². The summed E-state index contributed by atoms with van der Waals surface area (Å²) in [5, 5.41) is 2.67. The topological polar surface area (TPSA) is 38.3 Å². The van der Waals surface area contributed by atoms with Gasteiger partial charge in [0.2, 0.25) is 0 Å². The van der Waals surface area contributed by atoms with Crippen molar-refractivity contribution in [2.24, 2.45) is 0 Å². The van der Waals surface area contributed by atoms with Gasteiger partial charge in [-0.05, 0) is 14.0 Å². The van der Waals surface area contributed by atoms with Crippen LogP contribution in [-0.4, -0.2) is 19.7 Å². The Bertz CT molecular complexity index is 120. The second kappa shape index (κ2) is 4.09. The standard InChI is InChI=1S/C6H11NO2/c1-5(2)6(8)9-4-7-3/h7H,1,4H2,2-3H3. The molecule has 3 heteroatoms. The van der Waals surface area contributed by atoms with Crippen LogP contribution in [0.5, 0.6) is 0 Å². The molecule has 0 fully saturated rings. The Morgan fingerprint density at radius 2 is 2.33 bits per heavy atom. The fraction of sp³-hybridized carbons (Fsp3) is 0.500. The van der Waals surface area contributed by atoms with Gasteiger partial charge in [-0.3, -0.25) is 5.32 Å². The van der Waals surface area contributed by atoms with Gasteiger partial charge in [-0.15, -0.1) is 0 Å². The highest BCUT2D eigenvalue weighted by atomic mass is 16.5. The van der Waals surface area contributed by atoms with E-state index < -0.39 is 0 Å². The molecule has 0 bridgehead atoms. The Kier molecular flexibility index (Phi) is 3.71. The third-order valence-corrected chi connectivity index (χ3v) is 0.696. The molecule has 0 aliphatic heterocycles. The number of rotatable bonds is 3. The summed E-state index contributed by atoms with van der Waals surface area (Å²) in [6, 6.07) is 0. The highest BCUT2D eigenvalue weighted by molar-refractivity contribution is 5.86. The van der Waals surface area contributed by atoms with E-state index in [0.717, 1.165) is 0 Å². The second-order valence-corrected chi connectivity index (χ2v) is 1.71. The summed E-state index contributed by atoms with van der Waals surface area (Å²) in [5.41, 5.74) is 0.422. The minimum atomic E-state index is -0.357. The largest absolute Gasteiger partial charge is 0.446 e. The van der Waals surface area contributed by atoms with E-state index >= 15 is 0 Å². The average Bonchev–Trinajstić information content (AvgIpc) is 1.82. The molecule has 52 valence electrons. The van der Waals surface area contributed by atoms with Crippen molar-refractivity contribution in [2.45, 2.75) is 6.92 Å². The number of hydrogen-bond acceptors (Lipinski definition) is 3. The zero-order valence-corrected chi connectivity index (χ0v) is 5.73. The van der Waals surface area contributed by atoms with Gasteiger partial charge >= 0.3 is 5.97 Å². The lowest BCUT2D eigenvalue weighted by atomic mass is 10.4. The minimum Gasteiger partial charge on any atom is -0.446 e. The van der Waals surface area contributed by atoms with E-state index in [9.17, 15) is 4.79 Å². The van der Waals surface area contributed by atoms with Crippen LogP contribution < -0.4 is 5.32 Å². The Morgan fingerprint density at radius 3 is 2.67 bits per heavy atom. The van der Waals surface area contributed by atoms with Crippen molar-refractivity contribution in [3.63, 3.8) is 0 Å². The lowest BCUT2D eigenvalue weighted by molar-refractivity contribution is -0.139. The number of hydrogen-bond donors (Lipinski definition) is 1. The van der Waals surface area contributed by atoms with Gasteiger partial charge in [0.05, 0.1) is 0 Å². The molecule has 0 rings (SSSR count). The SMILES string of the molecule is C=C(C)C(=O)OCNC. The van der Waals surface area contributed by atoms with Crippen LogP contribution in [0.1, 0.15) is 6.92 Å². The van der Waals surface area contributed by atoms with E-state index in [2.05, 4.69) is 16.6 Å². The first-order chi connectivity index (χ1) is 4.18. The average molecular weight is 129 g/mol. The summed E-state index contributed by atoms with van der Waals surface area (Å²) < 4.78 is 4.60. The lowest BCUT2D eigenvalue weighted by Gasteiger charge is -2.00. The normalized spacial score (nSPS) is 8.67. The van der Waals surface area contributed by atoms with Gasteiger partial charge < -0.3 is 4.74 Å². The lowest BCUT2D eigenvalue weighted by Crippen LogP contribution is -2.16. The molecule has 0 unspecified atom stereocenters. The van der Waals surface area contributed by atoms with Crippen molar-refractivity contribution >= 4 is 5.97 Å². The molecule has 0 saturated carbocycles. The summed E-state index contributed by atoms with van der Waals surface area (Å²) in [4.78, 5) is 10.5. The van der Waals surface area contributed by atoms with Crippen LogP contribution >= 0.6 is 0 Å². The summed E-state index contributed by atoms with van der Waals surface area (Å²) in [6.45, 7) is 5.26. The van der Waals surface area contributed by atoms with Gasteiger partial charge in [0.15, 0.2) is 0 Å². The third kappa shape index (κ3) is 3.73. The van der Waals surface area contributed by atoms with Crippen LogP contribution in [0.3, 0.4) is 0 Å². The van der Waals surface area contributed by atoms with E-state index in [-0.39, 0.29) is 12.7 Å². The highest BCUT2D eigenvalue weighted by Crippen LogP contribution is 1.89. The van der Waals surface area contributed by atoms with Crippen LogP contribution in [0.2, 0.25) is 0 Å². The zero-order valence-electron chi connectivity index (χ0n) is 5.73. The molecule has 0 aromatic heterocycles. The van der Waals surface area contributed by atoms with Gasteiger partial charge in [0.1, 0.15) is 6.73 Å². The van der Waals surface area contributed by atoms with E-state index in [4.69, 9.17) is 0 Å². The molecule has 3 nitrogen and oxygen atoms in total. The Morgan fingerprint density at radius 1 is 1.78 bits per heavy atom. The van der Waals surface area contributed by atoms with Crippen molar-refractivity contribution in [1.82, 2.24) is 5.32 Å². The second-order valence-electron chi connectivity index (χ2n) is 1.71. The first-order valence-corrected chi connectivity index (χ1v) is 2.65. The summed E-state index contributed by atoms with van der Waals surface area (Å²) >= 11 is 0. The number of nitrogens with one attached hydrogen (secondary N) is 1. The molecule has 0 aromatic rings. The first-order valence-electron chi connectivity index (χ1n) is 2.65. The van der Waals surface area contributed by atoms with Crippen molar-refractivity contribution in [3.8, 4) is 0 Å². The Labute approximate surface area is 54.7 Å². The fourth-order valence-electron chi connectivity index (χ4n) is 0.261. The molecular formula is C6H11NO2. The number of carbonyl (C=O) groups is 1. The molecular weight excluding hydrogens is 118 g/mol. The van der Waals surface area contributed by atoms with Crippen molar-refractivity contribution in [2.75, 3.05) is 13.8 Å². The minimum absolute atomic E-state index is 0.242. The molecule has 0 amide bonds. The predicted octanol–water partition coefficient (Wildman–Crippen LogP) is 0.283. The van der Waals surface area contributed by atoms with Crippen LogP contribution in [0.4, 0.5) is 0 Å². The molecule has 0 spiro atoms. The van der Waals surface area contributed by atoms with E-state index in [1.54, 1.807) is 14.0 Å². The van der Waals surface area contributed by atoms with Gasteiger partial charge in [0, 0.05) is 5.57 Å². The zero-order chi connectivity index (χ0) is 7.28. The van der Waals surface area contributed by atoms with Crippen molar-refractivity contribution in [1.29, 1.82) is 0 Å². The number of esters is 1. The quantitative estimate of drug-likeness (QED) is 0.338. The van der Waals surface area contributed by atoms with Crippen molar-refractivity contribution in [3.05, 3.63) is 12.2 Å². The predicted molar refractivity (Wildman–Crippen MR) is 34.8 cm³/mol. The molecule has 0 radical (unpaired) electrons. The smallest absolute Gasteiger partial charge is 0.334 e. The van der Waals surface area contributed by atoms with Crippen LogP contribution in [0, 0.1) is 0 Å². The van der Waals surface area contributed by atoms with Crippen LogP contribution in [-0.2, 0) is 9.53 Å².